The van der Waals surface area contributed by atoms with E-state index in [2.05, 4.69) is 20.7 Å². The van der Waals surface area contributed by atoms with Gasteiger partial charge in [0.25, 0.3) is 10.0 Å². The lowest BCUT2D eigenvalue weighted by molar-refractivity contribution is 0.0596. The Hall–Kier alpha value is -2.78. The number of nitrogens with one attached hydrogen (secondary N) is 1. The van der Waals surface area contributed by atoms with Gasteiger partial charge in [-0.2, -0.15) is 0 Å². The largest absolute Gasteiger partial charge is 0.484 e. The van der Waals surface area contributed by atoms with Crippen molar-refractivity contribution < 1.29 is 27.1 Å². The predicted molar refractivity (Wildman–Crippen MR) is 105 cm³/mol. The Bertz CT molecular complexity index is 1180. The fourth-order valence-corrected chi connectivity index (χ4v) is 5.10. The zero-order valence-electron chi connectivity index (χ0n) is 14.6. The summed E-state index contributed by atoms with van der Waals surface area (Å²) in [6.45, 7) is 0.125. The molecule has 1 N–H and O–H groups in total. The molecule has 0 fully saturated rings. The first-order chi connectivity index (χ1) is 13.4. The molecule has 0 bridgehead atoms. The number of esters is 1. The van der Waals surface area contributed by atoms with Crippen LogP contribution in [0.3, 0.4) is 0 Å². The summed E-state index contributed by atoms with van der Waals surface area (Å²) < 4.78 is 44.5. The van der Waals surface area contributed by atoms with Gasteiger partial charge >= 0.3 is 5.97 Å². The van der Waals surface area contributed by atoms with Crippen molar-refractivity contribution in [2.24, 2.45) is 0 Å². The molecule has 0 saturated heterocycles. The van der Waals surface area contributed by atoms with E-state index >= 15 is 0 Å². The molecule has 3 aromatic rings. The number of benzene rings is 2. The highest BCUT2D eigenvalue weighted by Crippen LogP contribution is 2.43. The Balaban J connectivity index is 1.85. The fraction of sp³-hybridized carbons (Fsp3) is 0.105. The zero-order valence-corrected chi connectivity index (χ0v) is 17.0. The van der Waals surface area contributed by atoms with Gasteiger partial charge in [0, 0.05) is 15.6 Å². The van der Waals surface area contributed by atoms with Crippen molar-refractivity contribution >= 4 is 37.6 Å². The lowest BCUT2D eigenvalue weighted by atomic mass is 9.98. The van der Waals surface area contributed by atoms with Crippen LogP contribution in [0.1, 0.15) is 16.1 Å². The summed E-state index contributed by atoms with van der Waals surface area (Å²) in [7, 11) is -2.74. The number of rotatable bonds is 4. The van der Waals surface area contributed by atoms with E-state index in [9.17, 15) is 13.2 Å². The second kappa shape index (κ2) is 6.99. The van der Waals surface area contributed by atoms with Crippen LogP contribution < -0.4 is 9.46 Å². The topological polar surface area (TPSA) is 94.8 Å². The average molecular weight is 464 g/mol. The number of methoxy groups -OCH3 is 1. The summed E-state index contributed by atoms with van der Waals surface area (Å²) in [6, 6.07) is 11.3. The van der Waals surface area contributed by atoms with Crippen LogP contribution in [0, 0.1) is 0 Å². The van der Waals surface area contributed by atoms with Crippen LogP contribution in [0.15, 0.2) is 62.5 Å². The number of furan rings is 1. The van der Waals surface area contributed by atoms with Gasteiger partial charge < -0.3 is 13.9 Å². The highest BCUT2D eigenvalue weighted by atomic mass is 79.9. The van der Waals surface area contributed by atoms with E-state index < -0.39 is 16.0 Å². The third kappa shape index (κ3) is 3.06. The number of halogens is 1. The maximum Gasteiger partial charge on any atom is 0.343 e. The zero-order chi connectivity index (χ0) is 19.9. The summed E-state index contributed by atoms with van der Waals surface area (Å²) in [5.41, 5.74) is 1.47. The molecule has 144 valence electrons. The number of carbonyl (C=O) groups excluding carboxylic acids is 1. The summed E-state index contributed by atoms with van der Waals surface area (Å²) in [5.74, 6) is 0.159. The Morgan fingerprint density at radius 1 is 1.14 bits per heavy atom. The molecule has 0 atom stereocenters. The summed E-state index contributed by atoms with van der Waals surface area (Å²) in [6.07, 6.45) is 1.53. The summed E-state index contributed by atoms with van der Waals surface area (Å²) >= 11 is 3.23. The first kappa shape index (κ1) is 18.6. The number of hydrogen-bond acceptors (Lipinski definition) is 6. The molecule has 2 heterocycles. The van der Waals surface area contributed by atoms with Gasteiger partial charge in [0.2, 0.25) is 0 Å². The van der Waals surface area contributed by atoms with Crippen molar-refractivity contribution in [2.45, 2.75) is 11.5 Å². The fourth-order valence-electron chi connectivity index (χ4n) is 3.03. The van der Waals surface area contributed by atoms with Crippen molar-refractivity contribution in [2.75, 3.05) is 11.8 Å². The molecule has 0 aliphatic carbocycles. The molecule has 2 aromatic carbocycles. The first-order valence-corrected chi connectivity index (χ1v) is 10.4. The number of carbonyl (C=O) groups is 1. The first-order valence-electron chi connectivity index (χ1n) is 8.14. The molecule has 1 aromatic heterocycles. The molecule has 1 aliphatic rings. The van der Waals surface area contributed by atoms with E-state index in [0.29, 0.717) is 15.8 Å². The molecule has 9 heteroatoms. The minimum Gasteiger partial charge on any atom is -0.484 e. The van der Waals surface area contributed by atoms with Crippen LogP contribution in [0.2, 0.25) is 0 Å². The third-order valence-electron chi connectivity index (χ3n) is 4.30. The summed E-state index contributed by atoms with van der Waals surface area (Å²) in [4.78, 5) is 12.5. The standard InChI is InChI=1S/C19H14BrNO6S/c1-25-19(22)17-14(21-28(23,24)16-5-3-2-4-13(16)20)7-6-12-11-8-9-26-15(11)10-27-18(12)17/h2-9,21H,10H2,1H3. The van der Waals surface area contributed by atoms with Gasteiger partial charge in [0.15, 0.2) is 0 Å². The van der Waals surface area contributed by atoms with Crippen LogP contribution in [0.25, 0.3) is 11.1 Å². The van der Waals surface area contributed by atoms with Crippen LogP contribution in [-0.4, -0.2) is 21.5 Å². The van der Waals surface area contributed by atoms with Gasteiger partial charge in [0.05, 0.1) is 19.1 Å². The maximum atomic E-state index is 12.9. The van der Waals surface area contributed by atoms with Gasteiger partial charge in [-0.25, -0.2) is 13.2 Å². The smallest absolute Gasteiger partial charge is 0.343 e. The average Bonchev–Trinajstić information content (AvgIpc) is 3.16. The second-order valence-corrected chi connectivity index (χ2v) is 8.44. The Morgan fingerprint density at radius 2 is 1.93 bits per heavy atom. The minimum absolute atomic E-state index is 0.00229. The molecule has 7 nitrogen and oxygen atoms in total. The Kier molecular flexibility index (Phi) is 4.64. The van der Waals surface area contributed by atoms with E-state index in [0.717, 1.165) is 5.56 Å². The molecular formula is C19H14BrNO6S. The lowest BCUT2D eigenvalue weighted by Gasteiger charge is -2.22. The van der Waals surface area contributed by atoms with Gasteiger partial charge in [0.1, 0.15) is 28.6 Å². The second-order valence-electron chi connectivity index (χ2n) is 5.94. The number of fused-ring (bicyclic) bond motifs is 3. The van der Waals surface area contributed by atoms with Crippen LogP contribution in [-0.2, 0) is 21.4 Å². The molecule has 0 unspecified atom stereocenters. The predicted octanol–water partition coefficient (Wildman–Crippen LogP) is 4.19. The van der Waals surface area contributed by atoms with E-state index in [1.165, 1.54) is 25.5 Å². The van der Waals surface area contributed by atoms with Crippen LogP contribution in [0.5, 0.6) is 5.75 Å². The van der Waals surface area contributed by atoms with Gasteiger partial charge in [-0.3, -0.25) is 4.72 Å². The van der Waals surface area contributed by atoms with E-state index in [1.807, 2.05) is 0 Å². The van der Waals surface area contributed by atoms with E-state index in [4.69, 9.17) is 13.9 Å². The Labute approximate surface area is 169 Å². The van der Waals surface area contributed by atoms with Crippen molar-refractivity contribution in [1.29, 1.82) is 0 Å². The quantitative estimate of drug-likeness (QED) is 0.582. The molecule has 0 radical (unpaired) electrons. The normalized spacial score (nSPS) is 12.5. The lowest BCUT2D eigenvalue weighted by Crippen LogP contribution is -2.18. The Morgan fingerprint density at radius 3 is 2.68 bits per heavy atom. The van der Waals surface area contributed by atoms with Gasteiger partial charge in [-0.05, 0) is 46.3 Å². The molecular weight excluding hydrogens is 450 g/mol. The van der Waals surface area contributed by atoms with Crippen molar-refractivity contribution in [1.82, 2.24) is 0 Å². The van der Waals surface area contributed by atoms with Crippen LogP contribution in [0.4, 0.5) is 5.69 Å². The summed E-state index contributed by atoms with van der Waals surface area (Å²) in [5, 5.41) is 0. The number of ether oxygens (including phenoxy) is 2. The maximum absolute atomic E-state index is 12.9. The molecule has 1 aliphatic heterocycles. The van der Waals surface area contributed by atoms with Crippen molar-refractivity contribution in [3.63, 3.8) is 0 Å². The number of hydrogen-bond donors (Lipinski definition) is 1. The highest BCUT2D eigenvalue weighted by molar-refractivity contribution is 9.10. The number of sulfonamides is 1. The molecule has 0 spiro atoms. The van der Waals surface area contributed by atoms with Gasteiger partial charge in [-0.15, -0.1) is 0 Å². The molecule has 0 amide bonds. The highest BCUT2D eigenvalue weighted by Gasteiger charge is 2.30. The van der Waals surface area contributed by atoms with Crippen molar-refractivity contribution in [3.05, 3.63) is 64.5 Å². The van der Waals surface area contributed by atoms with Crippen molar-refractivity contribution in [3.8, 4) is 16.9 Å². The minimum atomic E-state index is -3.96. The van der Waals surface area contributed by atoms with E-state index in [-0.39, 0.29) is 28.5 Å². The SMILES string of the molecule is COC(=O)c1c(NS(=O)(=O)c2ccccc2Br)ccc2c1OCc1occc1-2. The van der Waals surface area contributed by atoms with Gasteiger partial charge in [-0.1, -0.05) is 12.1 Å². The van der Waals surface area contributed by atoms with E-state index in [1.54, 1.807) is 30.3 Å². The molecule has 4 rings (SSSR count). The molecule has 0 saturated carbocycles. The molecule has 28 heavy (non-hydrogen) atoms. The number of anilines is 1. The third-order valence-corrected chi connectivity index (χ3v) is 6.68. The monoisotopic (exact) mass is 463 g/mol. The van der Waals surface area contributed by atoms with Crippen LogP contribution >= 0.6 is 15.9 Å².